The van der Waals surface area contributed by atoms with Gasteiger partial charge in [-0.15, -0.1) is 10.2 Å². The largest absolute Gasteiger partial charge is 0.495 e. The first-order valence-electron chi connectivity index (χ1n) is 8.33. The standard InChI is InChI=1S/C16H18N8OS2/c1-25-11-5-3-2-4-10(11)19-14-21-12(20-13(17)22-14)8-26-16-24-23-15(27-16)18-9-6-7-9/h2-5,9H,6-8H2,1H3,(H,18,23)(H3,17,19,20,21,22). The molecule has 1 aliphatic carbocycles. The summed E-state index contributed by atoms with van der Waals surface area (Å²) < 4.78 is 6.19. The molecular formula is C16H18N8OS2. The zero-order valence-corrected chi connectivity index (χ0v) is 16.2. The third kappa shape index (κ3) is 4.74. The number of nitrogens with zero attached hydrogens (tertiary/aromatic N) is 5. The third-order valence-electron chi connectivity index (χ3n) is 3.69. The maximum Gasteiger partial charge on any atom is 0.232 e. The van der Waals surface area contributed by atoms with E-state index in [9.17, 15) is 0 Å². The Morgan fingerprint density at radius 2 is 2.07 bits per heavy atom. The molecule has 1 aliphatic rings. The predicted molar refractivity (Wildman–Crippen MR) is 107 cm³/mol. The molecule has 2 aromatic heterocycles. The summed E-state index contributed by atoms with van der Waals surface area (Å²) in [5.41, 5.74) is 6.59. The molecular weight excluding hydrogens is 384 g/mol. The maximum absolute atomic E-state index is 5.84. The van der Waals surface area contributed by atoms with E-state index >= 15 is 0 Å². The van der Waals surface area contributed by atoms with Crippen molar-refractivity contribution in [1.82, 2.24) is 25.1 Å². The Labute approximate surface area is 164 Å². The van der Waals surface area contributed by atoms with E-state index in [-0.39, 0.29) is 5.95 Å². The molecule has 0 saturated heterocycles. The summed E-state index contributed by atoms with van der Waals surface area (Å²) in [6.45, 7) is 0. The molecule has 0 amide bonds. The molecule has 1 aromatic carbocycles. The van der Waals surface area contributed by atoms with Gasteiger partial charge in [0, 0.05) is 6.04 Å². The van der Waals surface area contributed by atoms with Crippen LogP contribution in [0.4, 0.5) is 22.7 Å². The molecule has 0 atom stereocenters. The van der Waals surface area contributed by atoms with Crippen molar-refractivity contribution >= 4 is 45.8 Å². The molecule has 4 N–H and O–H groups in total. The van der Waals surface area contributed by atoms with Crippen LogP contribution in [0.25, 0.3) is 0 Å². The van der Waals surface area contributed by atoms with Gasteiger partial charge in [-0.25, -0.2) is 0 Å². The first-order chi connectivity index (χ1) is 13.2. The summed E-state index contributed by atoms with van der Waals surface area (Å²) in [4.78, 5) is 12.8. The van der Waals surface area contributed by atoms with Crippen molar-refractivity contribution in [2.45, 2.75) is 29.0 Å². The number of nitrogen functional groups attached to an aromatic ring is 1. The molecule has 9 nitrogen and oxygen atoms in total. The number of ether oxygens (including phenoxy) is 1. The highest BCUT2D eigenvalue weighted by Gasteiger charge is 2.22. The molecule has 0 aliphatic heterocycles. The van der Waals surface area contributed by atoms with Gasteiger partial charge in [0.15, 0.2) is 4.34 Å². The molecule has 27 heavy (non-hydrogen) atoms. The number of hydrogen-bond acceptors (Lipinski definition) is 11. The summed E-state index contributed by atoms with van der Waals surface area (Å²) in [7, 11) is 1.61. The predicted octanol–water partition coefficient (Wildman–Crippen LogP) is 2.92. The van der Waals surface area contributed by atoms with Crippen LogP contribution in [0.1, 0.15) is 18.7 Å². The van der Waals surface area contributed by atoms with Crippen molar-refractivity contribution in [2.75, 3.05) is 23.5 Å². The van der Waals surface area contributed by atoms with E-state index in [1.54, 1.807) is 7.11 Å². The molecule has 0 unspecified atom stereocenters. The van der Waals surface area contributed by atoms with Crippen LogP contribution >= 0.6 is 23.1 Å². The number of nitrogens with one attached hydrogen (secondary N) is 2. The second-order valence-electron chi connectivity index (χ2n) is 5.84. The van der Waals surface area contributed by atoms with Crippen LogP contribution in [0.3, 0.4) is 0 Å². The minimum absolute atomic E-state index is 0.159. The normalized spacial score (nSPS) is 13.4. The van der Waals surface area contributed by atoms with Crippen LogP contribution in [0.2, 0.25) is 0 Å². The minimum Gasteiger partial charge on any atom is -0.495 e. The fourth-order valence-corrected chi connectivity index (χ4v) is 3.97. The van der Waals surface area contributed by atoms with Crippen LogP contribution in [0.5, 0.6) is 5.75 Å². The van der Waals surface area contributed by atoms with Gasteiger partial charge in [0.2, 0.25) is 17.0 Å². The average molecular weight is 403 g/mol. The number of rotatable bonds is 8. The maximum atomic E-state index is 5.84. The first-order valence-corrected chi connectivity index (χ1v) is 10.1. The van der Waals surface area contributed by atoms with Gasteiger partial charge in [0.1, 0.15) is 11.6 Å². The smallest absolute Gasteiger partial charge is 0.232 e. The van der Waals surface area contributed by atoms with E-state index in [0.717, 1.165) is 15.2 Å². The number of anilines is 4. The number of hydrogen-bond donors (Lipinski definition) is 3. The van der Waals surface area contributed by atoms with Crippen molar-refractivity contribution < 1.29 is 4.74 Å². The van der Waals surface area contributed by atoms with Gasteiger partial charge in [-0.1, -0.05) is 35.2 Å². The topological polar surface area (TPSA) is 124 Å². The molecule has 1 fully saturated rings. The summed E-state index contributed by atoms with van der Waals surface area (Å²) >= 11 is 3.05. The van der Waals surface area contributed by atoms with Gasteiger partial charge >= 0.3 is 0 Å². The Balaban J connectivity index is 1.43. The molecule has 0 radical (unpaired) electrons. The number of methoxy groups -OCH3 is 1. The number of benzene rings is 1. The average Bonchev–Trinajstić information content (AvgIpc) is 3.36. The fourth-order valence-electron chi connectivity index (χ4n) is 2.28. The zero-order valence-electron chi connectivity index (χ0n) is 14.5. The van der Waals surface area contributed by atoms with E-state index in [4.69, 9.17) is 10.5 Å². The molecule has 1 saturated carbocycles. The summed E-state index contributed by atoms with van der Waals surface area (Å²) in [5.74, 6) is 2.31. The molecule has 0 spiro atoms. The number of para-hydroxylation sites is 2. The Bertz CT molecular complexity index is 930. The Morgan fingerprint density at radius 3 is 2.89 bits per heavy atom. The summed E-state index contributed by atoms with van der Waals surface area (Å²) in [6, 6.07) is 8.08. The second-order valence-corrected chi connectivity index (χ2v) is 8.04. The van der Waals surface area contributed by atoms with Gasteiger partial charge < -0.3 is 21.1 Å². The highest BCUT2D eigenvalue weighted by atomic mass is 32.2. The van der Waals surface area contributed by atoms with Crippen LogP contribution in [-0.4, -0.2) is 38.3 Å². The van der Waals surface area contributed by atoms with Gasteiger partial charge in [-0.3, -0.25) is 0 Å². The lowest BCUT2D eigenvalue weighted by Crippen LogP contribution is -2.07. The van der Waals surface area contributed by atoms with E-state index in [0.29, 0.717) is 29.3 Å². The molecule has 3 aromatic rings. The molecule has 2 heterocycles. The lowest BCUT2D eigenvalue weighted by atomic mass is 10.3. The molecule has 4 rings (SSSR count). The minimum atomic E-state index is 0.159. The number of aromatic nitrogens is 5. The van der Waals surface area contributed by atoms with Gasteiger partial charge in [0.25, 0.3) is 0 Å². The van der Waals surface area contributed by atoms with Crippen molar-refractivity contribution in [2.24, 2.45) is 0 Å². The lowest BCUT2D eigenvalue weighted by Gasteiger charge is -2.10. The second kappa shape index (κ2) is 7.92. The SMILES string of the molecule is COc1ccccc1Nc1nc(N)nc(CSc2nnc(NC3CC3)s2)n1. The quantitative estimate of drug-likeness (QED) is 0.484. The highest BCUT2D eigenvalue weighted by molar-refractivity contribution is 8.00. The van der Waals surface area contributed by atoms with E-state index in [1.807, 2.05) is 24.3 Å². The van der Waals surface area contributed by atoms with Crippen LogP contribution in [-0.2, 0) is 5.75 Å². The molecule has 140 valence electrons. The lowest BCUT2D eigenvalue weighted by molar-refractivity contribution is 0.417. The monoisotopic (exact) mass is 402 g/mol. The van der Waals surface area contributed by atoms with Gasteiger partial charge in [-0.05, 0) is 25.0 Å². The van der Waals surface area contributed by atoms with E-state index in [2.05, 4.69) is 35.8 Å². The van der Waals surface area contributed by atoms with E-state index in [1.165, 1.54) is 35.9 Å². The third-order valence-corrected chi connectivity index (χ3v) is 5.67. The zero-order chi connectivity index (χ0) is 18.6. The first kappa shape index (κ1) is 17.7. The van der Waals surface area contributed by atoms with Crippen LogP contribution < -0.4 is 21.1 Å². The number of thioether (sulfide) groups is 1. The Morgan fingerprint density at radius 1 is 1.22 bits per heavy atom. The number of nitrogens with two attached hydrogens (primary N) is 1. The molecule has 11 heteroatoms. The molecule has 0 bridgehead atoms. The van der Waals surface area contributed by atoms with Crippen molar-refractivity contribution in [3.63, 3.8) is 0 Å². The summed E-state index contributed by atoms with van der Waals surface area (Å²) in [6.07, 6.45) is 2.41. The van der Waals surface area contributed by atoms with Crippen molar-refractivity contribution in [1.29, 1.82) is 0 Å². The summed E-state index contributed by atoms with van der Waals surface area (Å²) in [5, 5.41) is 15.7. The van der Waals surface area contributed by atoms with Crippen molar-refractivity contribution in [3.8, 4) is 5.75 Å². The highest BCUT2D eigenvalue weighted by Crippen LogP contribution is 2.31. The van der Waals surface area contributed by atoms with E-state index < -0.39 is 0 Å². The fraction of sp³-hybridized carbons (Fsp3) is 0.312. The van der Waals surface area contributed by atoms with Crippen molar-refractivity contribution in [3.05, 3.63) is 30.1 Å². The van der Waals surface area contributed by atoms with Crippen LogP contribution in [0.15, 0.2) is 28.6 Å². The Hall–Kier alpha value is -2.66. The van der Waals surface area contributed by atoms with Crippen LogP contribution in [0, 0.1) is 0 Å². The Kier molecular flexibility index (Phi) is 5.21. The van der Waals surface area contributed by atoms with Gasteiger partial charge in [0.05, 0.1) is 18.6 Å². The van der Waals surface area contributed by atoms with Gasteiger partial charge in [-0.2, -0.15) is 15.0 Å².